The number of hydrogen-bond donors (Lipinski definition) is 4. The van der Waals surface area contributed by atoms with Crippen molar-refractivity contribution in [1.29, 1.82) is 0 Å². The van der Waals surface area contributed by atoms with Gasteiger partial charge in [0.25, 0.3) is 0 Å². The molecule has 0 bridgehead atoms. The first kappa shape index (κ1) is 24.9. The van der Waals surface area contributed by atoms with E-state index in [0.717, 1.165) is 29.6 Å². The Morgan fingerprint density at radius 1 is 1.23 bits per heavy atom. The van der Waals surface area contributed by atoms with Gasteiger partial charge < -0.3 is 21.1 Å². The highest BCUT2D eigenvalue weighted by atomic mass is 127. The zero-order chi connectivity index (χ0) is 20.5. The number of carbonyl (C=O) groups is 1. The van der Waals surface area contributed by atoms with Gasteiger partial charge in [-0.15, -0.1) is 35.3 Å². The van der Waals surface area contributed by atoms with Gasteiger partial charge in [-0.3, -0.25) is 9.79 Å². The van der Waals surface area contributed by atoms with Gasteiger partial charge >= 0.3 is 0 Å². The number of carbonyl (C=O) groups excluding carboxylic acids is 1. The van der Waals surface area contributed by atoms with E-state index in [1.54, 1.807) is 11.3 Å². The van der Waals surface area contributed by atoms with Crippen LogP contribution in [0.5, 0.6) is 0 Å². The summed E-state index contributed by atoms with van der Waals surface area (Å²) >= 11 is 1.60. The lowest BCUT2D eigenvalue weighted by atomic mass is 9.95. The monoisotopic (exact) mass is 544 g/mol. The van der Waals surface area contributed by atoms with Crippen LogP contribution in [0.2, 0.25) is 0 Å². The Morgan fingerprint density at radius 2 is 2.00 bits per heavy atom. The van der Waals surface area contributed by atoms with E-state index in [4.69, 9.17) is 0 Å². The van der Waals surface area contributed by atoms with Crippen LogP contribution in [0.15, 0.2) is 35.3 Å². The summed E-state index contributed by atoms with van der Waals surface area (Å²) < 4.78 is 1.17. The second-order valence-electron chi connectivity index (χ2n) is 7.50. The predicted octanol–water partition coefficient (Wildman–Crippen LogP) is 3.95. The molecule has 2 aromatic rings. The molecule has 0 radical (unpaired) electrons. The van der Waals surface area contributed by atoms with Gasteiger partial charge in [0.1, 0.15) is 6.10 Å². The number of aliphatic hydroxyl groups is 1. The largest absolute Gasteiger partial charge is 0.386 e. The minimum atomic E-state index is -0.641. The van der Waals surface area contributed by atoms with Crippen LogP contribution in [0.3, 0.4) is 0 Å². The summed E-state index contributed by atoms with van der Waals surface area (Å²) in [5, 5.41) is 21.2. The maximum atomic E-state index is 12.1. The van der Waals surface area contributed by atoms with Crippen molar-refractivity contribution in [2.45, 2.75) is 57.6 Å². The second-order valence-corrected chi connectivity index (χ2v) is 8.62. The van der Waals surface area contributed by atoms with E-state index in [0.29, 0.717) is 25.0 Å². The Kier molecular flexibility index (Phi) is 10.9. The maximum Gasteiger partial charge on any atom is 0.221 e. The molecular formula is C22H33IN4O2S. The third-order valence-corrected chi connectivity index (χ3v) is 6.37. The highest BCUT2D eigenvalue weighted by Crippen LogP contribution is 2.29. The molecular weight excluding hydrogens is 511 g/mol. The molecule has 0 spiro atoms. The first-order chi connectivity index (χ1) is 14.2. The molecule has 1 amide bonds. The highest BCUT2D eigenvalue weighted by Gasteiger charge is 2.15. The molecule has 8 heteroatoms. The molecule has 1 aliphatic carbocycles. The zero-order valence-electron chi connectivity index (χ0n) is 17.5. The summed E-state index contributed by atoms with van der Waals surface area (Å²) in [7, 11) is 0. The van der Waals surface area contributed by atoms with E-state index in [9.17, 15) is 9.90 Å². The standard InChI is InChI=1S/C22H32N4O2S.HI/c1-2-23-22(24-13-12-21(28)26-17-9-4-3-5-10-17)25-15-18(27)20-14-16-8-6-7-11-19(16)29-20;/h6-8,11,14,17-18,27H,2-5,9-10,12-13,15H2,1H3,(H,26,28)(H2,23,24,25);1H. The molecule has 1 fully saturated rings. The molecule has 6 nitrogen and oxygen atoms in total. The number of amides is 1. The number of nitrogens with zero attached hydrogens (tertiary/aromatic N) is 1. The average Bonchev–Trinajstić information content (AvgIpc) is 3.17. The first-order valence-corrected chi connectivity index (χ1v) is 11.5. The van der Waals surface area contributed by atoms with Crippen molar-refractivity contribution in [3.63, 3.8) is 0 Å². The van der Waals surface area contributed by atoms with Gasteiger partial charge in [-0.25, -0.2) is 0 Å². The number of rotatable bonds is 8. The molecule has 1 heterocycles. The Hall–Kier alpha value is -1.39. The number of aliphatic imine (C=N–C) groups is 1. The molecule has 1 unspecified atom stereocenters. The fourth-order valence-corrected chi connectivity index (χ4v) is 4.66. The molecule has 3 rings (SSSR count). The fraction of sp³-hybridized carbons (Fsp3) is 0.545. The lowest BCUT2D eigenvalue weighted by Gasteiger charge is -2.22. The van der Waals surface area contributed by atoms with Crippen molar-refractivity contribution in [3.05, 3.63) is 35.2 Å². The second kappa shape index (κ2) is 13.1. The zero-order valence-corrected chi connectivity index (χ0v) is 20.7. The Labute approximate surface area is 200 Å². The number of benzene rings is 1. The van der Waals surface area contributed by atoms with E-state index in [1.807, 2.05) is 25.1 Å². The van der Waals surface area contributed by atoms with Crippen molar-refractivity contribution in [3.8, 4) is 0 Å². The third kappa shape index (κ3) is 7.70. The van der Waals surface area contributed by atoms with Gasteiger partial charge in [-0.1, -0.05) is 37.5 Å². The number of halogens is 1. The van der Waals surface area contributed by atoms with Gasteiger partial charge in [0, 0.05) is 35.1 Å². The lowest BCUT2D eigenvalue weighted by molar-refractivity contribution is -0.121. The molecule has 30 heavy (non-hydrogen) atoms. The van der Waals surface area contributed by atoms with Crippen molar-refractivity contribution in [2.75, 3.05) is 19.6 Å². The minimum absolute atomic E-state index is 0. The van der Waals surface area contributed by atoms with Crippen molar-refractivity contribution in [1.82, 2.24) is 16.0 Å². The maximum absolute atomic E-state index is 12.1. The lowest BCUT2D eigenvalue weighted by Crippen LogP contribution is -2.41. The van der Waals surface area contributed by atoms with Crippen LogP contribution in [0.1, 0.15) is 56.4 Å². The van der Waals surface area contributed by atoms with Crippen molar-refractivity contribution in [2.24, 2.45) is 4.99 Å². The SMILES string of the molecule is CCNC(=NCC(O)c1cc2ccccc2s1)NCCC(=O)NC1CCCCC1.I. The van der Waals surface area contributed by atoms with Gasteiger partial charge in [0.05, 0.1) is 6.54 Å². The molecule has 4 N–H and O–H groups in total. The van der Waals surface area contributed by atoms with Crippen LogP contribution in [-0.4, -0.2) is 42.6 Å². The normalized spacial score (nSPS) is 16.0. The van der Waals surface area contributed by atoms with E-state index in [2.05, 4.69) is 33.1 Å². The highest BCUT2D eigenvalue weighted by molar-refractivity contribution is 14.0. The number of guanidine groups is 1. The van der Waals surface area contributed by atoms with E-state index in [1.165, 1.54) is 24.0 Å². The van der Waals surface area contributed by atoms with Gasteiger partial charge in [0.15, 0.2) is 5.96 Å². The molecule has 1 atom stereocenters. The van der Waals surface area contributed by atoms with Crippen molar-refractivity contribution < 1.29 is 9.90 Å². The summed E-state index contributed by atoms with van der Waals surface area (Å²) in [5.74, 6) is 0.712. The van der Waals surface area contributed by atoms with Crippen molar-refractivity contribution >= 4 is 57.3 Å². The molecule has 0 aliphatic heterocycles. The smallest absolute Gasteiger partial charge is 0.221 e. The topological polar surface area (TPSA) is 85.8 Å². The summed E-state index contributed by atoms with van der Waals surface area (Å²) in [6, 6.07) is 10.5. The number of fused-ring (bicyclic) bond motifs is 1. The Bertz CT molecular complexity index is 787. The molecule has 1 aromatic heterocycles. The number of thiophene rings is 1. The fourth-order valence-electron chi connectivity index (χ4n) is 3.62. The average molecular weight is 545 g/mol. The molecule has 1 saturated carbocycles. The van der Waals surface area contributed by atoms with Crippen LogP contribution in [-0.2, 0) is 4.79 Å². The van der Waals surface area contributed by atoms with Crippen LogP contribution in [0.25, 0.3) is 10.1 Å². The molecule has 1 aliphatic rings. The van der Waals surface area contributed by atoms with Gasteiger partial charge in [0.2, 0.25) is 5.91 Å². The predicted molar refractivity (Wildman–Crippen MR) is 136 cm³/mol. The number of aliphatic hydroxyl groups excluding tert-OH is 1. The van der Waals surface area contributed by atoms with Crippen LogP contribution in [0.4, 0.5) is 0 Å². The quantitative estimate of drug-likeness (QED) is 0.231. The van der Waals surface area contributed by atoms with Crippen LogP contribution >= 0.6 is 35.3 Å². The first-order valence-electron chi connectivity index (χ1n) is 10.6. The van der Waals surface area contributed by atoms with Gasteiger partial charge in [-0.05, 0) is 37.3 Å². The van der Waals surface area contributed by atoms with Crippen LogP contribution < -0.4 is 16.0 Å². The third-order valence-electron chi connectivity index (χ3n) is 5.15. The van der Waals surface area contributed by atoms with Gasteiger partial charge in [-0.2, -0.15) is 0 Å². The number of hydrogen-bond acceptors (Lipinski definition) is 4. The summed E-state index contributed by atoms with van der Waals surface area (Å²) in [4.78, 5) is 17.5. The van der Waals surface area contributed by atoms with E-state index >= 15 is 0 Å². The summed E-state index contributed by atoms with van der Waals surface area (Å²) in [5.41, 5.74) is 0. The molecule has 0 saturated heterocycles. The summed E-state index contributed by atoms with van der Waals surface area (Å²) in [6.45, 7) is 3.51. The Balaban J connectivity index is 0.00000320. The summed E-state index contributed by atoms with van der Waals surface area (Å²) in [6.07, 6.45) is 5.67. The molecule has 1 aromatic carbocycles. The Morgan fingerprint density at radius 3 is 2.73 bits per heavy atom. The number of nitrogens with one attached hydrogen (secondary N) is 3. The van der Waals surface area contributed by atoms with E-state index in [-0.39, 0.29) is 36.4 Å². The van der Waals surface area contributed by atoms with E-state index < -0.39 is 6.10 Å². The molecule has 166 valence electrons. The minimum Gasteiger partial charge on any atom is -0.386 e. The van der Waals surface area contributed by atoms with Crippen LogP contribution in [0, 0.1) is 0 Å².